The zero-order valence-electron chi connectivity index (χ0n) is 26.3. The third-order valence-electron chi connectivity index (χ3n) is 8.83. The van der Waals surface area contributed by atoms with Crippen molar-refractivity contribution < 1.29 is 19.2 Å². The van der Waals surface area contributed by atoms with Crippen molar-refractivity contribution in [2.75, 3.05) is 9.80 Å². The van der Waals surface area contributed by atoms with E-state index in [1.54, 1.807) is 42.5 Å². The molecule has 2 aliphatic rings. The average Bonchev–Trinajstić information content (AvgIpc) is 3.44. The predicted molar refractivity (Wildman–Crippen MR) is 181 cm³/mol. The van der Waals surface area contributed by atoms with Crippen LogP contribution < -0.4 is 9.80 Å². The maximum absolute atomic E-state index is 13.9. The highest BCUT2D eigenvalue weighted by Gasteiger charge is 2.41. The highest BCUT2D eigenvalue weighted by Crippen LogP contribution is 2.41. The normalized spacial score (nSPS) is 14.3. The zero-order chi connectivity index (χ0) is 32.5. The van der Waals surface area contributed by atoms with Crippen molar-refractivity contribution in [3.63, 3.8) is 0 Å². The number of hydrogen-bond acceptors (Lipinski definition) is 4. The lowest BCUT2D eigenvalue weighted by molar-refractivity contribution is 0.0909. The number of fused-ring (bicyclic) bond motifs is 2. The van der Waals surface area contributed by atoms with Gasteiger partial charge < -0.3 is 0 Å². The standard InChI is InChI=1S/C40H32N2O4/c1-23-6-10-25(11-7-23)27-14-17-30-32(20-27)38(45)41(36(30)43)29-16-19-35(34(22-29)40(3,4)5)42-37(44)31-18-15-28(21-33(31)39(42)46)26-12-8-24(2)9-13-26/h6-22H,1-5H3. The second kappa shape index (κ2) is 10.5. The van der Waals surface area contributed by atoms with Gasteiger partial charge in [-0.2, -0.15) is 0 Å². The van der Waals surface area contributed by atoms with Crippen molar-refractivity contribution in [2.24, 2.45) is 0 Å². The predicted octanol–water partition coefficient (Wildman–Crippen LogP) is 8.54. The van der Waals surface area contributed by atoms with E-state index in [2.05, 4.69) is 0 Å². The molecule has 0 bridgehead atoms. The first-order valence-electron chi connectivity index (χ1n) is 15.3. The van der Waals surface area contributed by atoms with E-state index >= 15 is 0 Å². The molecule has 0 atom stereocenters. The highest BCUT2D eigenvalue weighted by molar-refractivity contribution is 6.36. The Bertz CT molecular complexity index is 2120. The second-order valence-corrected chi connectivity index (χ2v) is 13.1. The molecule has 2 heterocycles. The number of hydrogen-bond donors (Lipinski definition) is 0. The molecule has 0 spiro atoms. The fourth-order valence-corrected chi connectivity index (χ4v) is 6.24. The minimum absolute atomic E-state index is 0.340. The molecule has 5 aromatic rings. The van der Waals surface area contributed by atoms with Crippen molar-refractivity contribution in [2.45, 2.75) is 40.0 Å². The van der Waals surface area contributed by atoms with Gasteiger partial charge in [0.25, 0.3) is 23.6 Å². The van der Waals surface area contributed by atoms with Crippen LogP contribution >= 0.6 is 0 Å². The number of carbonyl (C=O) groups is 4. The van der Waals surface area contributed by atoms with Gasteiger partial charge in [0, 0.05) is 0 Å². The van der Waals surface area contributed by atoms with E-state index in [0.29, 0.717) is 39.2 Å². The summed E-state index contributed by atoms with van der Waals surface area (Å²) < 4.78 is 0. The number of amides is 4. The smallest absolute Gasteiger partial charge is 0.266 e. The van der Waals surface area contributed by atoms with Gasteiger partial charge in [0.1, 0.15) is 0 Å². The lowest BCUT2D eigenvalue weighted by atomic mass is 9.85. The van der Waals surface area contributed by atoms with E-state index in [0.717, 1.165) is 33.4 Å². The summed E-state index contributed by atoms with van der Waals surface area (Å²) in [5.41, 5.74) is 8.19. The van der Waals surface area contributed by atoms with Gasteiger partial charge in [-0.15, -0.1) is 0 Å². The largest absolute Gasteiger partial charge is 0.268 e. The molecule has 0 saturated heterocycles. The topological polar surface area (TPSA) is 74.8 Å². The van der Waals surface area contributed by atoms with Crippen molar-refractivity contribution in [3.05, 3.63) is 142 Å². The van der Waals surface area contributed by atoms with Gasteiger partial charge in [-0.25, -0.2) is 9.80 Å². The maximum Gasteiger partial charge on any atom is 0.266 e. The molecule has 0 N–H and O–H groups in total. The summed E-state index contributed by atoms with van der Waals surface area (Å²) in [5, 5.41) is 0. The van der Waals surface area contributed by atoms with Gasteiger partial charge in [-0.3, -0.25) is 19.2 Å². The van der Waals surface area contributed by atoms with E-state index in [9.17, 15) is 19.2 Å². The van der Waals surface area contributed by atoms with Crippen LogP contribution in [0.15, 0.2) is 103 Å². The molecule has 2 aliphatic heterocycles. The molecule has 7 rings (SSSR count). The summed E-state index contributed by atoms with van der Waals surface area (Å²) in [6, 6.07) is 31.7. The Morgan fingerprint density at radius 3 is 1.33 bits per heavy atom. The molecular weight excluding hydrogens is 572 g/mol. The molecule has 0 aromatic heterocycles. The quantitative estimate of drug-likeness (QED) is 0.193. The summed E-state index contributed by atoms with van der Waals surface area (Å²) in [5.74, 6) is -1.63. The monoisotopic (exact) mass is 604 g/mol. The highest BCUT2D eigenvalue weighted by atomic mass is 16.2. The first-order valence-corrected chi connectivity index (χ1v) is 15.3. The van der Waals surface area contributed by atoms with E-state index in [1.165, 1.54) is 9.80 Å². The van der Waals surface area contributed by atoms with Crippen LogP contribution in [0.5, 0.6) is 0 Å². The van der Waals surface area contributed by atoms with E-state index in [1.807, 2.05) is 95.3 Å². The van der Waals surface area contributed by atoms with Gasteiger partial charge in [0.2, 0.25) is 0 Å². The fraction of sp³-hybridized carbons (Fsp3) is 0.150. The molecule has 0 radical (unpaired) electrons. The Kier molecular flexibility index (Phi) is 6.64. The van der Waals surface area contributed by atoms with Crippen molar-refractivity contribution >= 4 is 35.0 Å². The number of nitrogens with zero attached hydrogens (tertiary/aromatic N) is 2. The Labute approximate surface area is 267 Å². The van der Waals surface area contributed by atoms with Gasteiger partial charge in [-0.05, 0) is 89.5 Å². The van der Waals surface area contributed by atoms with Crippen LogP contribution in [0.1, 0.15) is 78.9 Å². The summed E-state index contributed by atoms with van der Waals surface area (Å²) in [6.07, 6.45) is 0. The summed E-state index contributed by atoms with van der Waals surface area (Å²) in [4.78, 5) is 57.4. The first kappa shape index (κ1) is 29.1. The first-order chi connectivity index (χ1) is 21.9. The molecule has 0 fully saturated rings. The third kappa shape index (κ3) is 4.65. The molecule has 4 amide bonds. The van der Waals surface area contributed by atoms with E-state index in [4.69, 9.17) is 0 Å². The number of anilines is 2. The Balaban J connectivity index is 1.25. The molecule has 0 unspecified atom stereocenters. The Hall–Kier alpha value is -5.62. The molecule has 46 heavy (non-hydrogen) atoms. The number of carbonyl (C=O) groups excluding carboxylic acids is 4. The molecule has 226 valence electrons. The van der Waals surface area contributed by atoms with Crippen LogP contribution in [-0.4, -0.2) is 23.6 Å². The van der Waals surface area contributed by atoms with Crippen LogP contribution in [0.2, 0.25) is 0 Å². The lowest BCUT2D eigenvalue weighted by Crippen LogP contribution is -2.33. The van der Waals surface area contributed by atoms with Crippen LogP contribution in [0.4, 0.5) is 11.4 Å². The summed E-state index contributed by atoms with van der Waals surface area (Å²) >= 11 is 0. The van der Waals surface area contributed by atoms with Crippen LogP contribution in [0.25, 0.3) is 22.3 Å². The summed E-state index contributed by atoms with van der Waals surface area (Å²) in [7, 11) is 0. The molecular formula is C40H32N2O4. The van der Waals surface area contributed by atoms with Crippen molar-refractivity contribution in [1.82, 2.24) is 0 Å². The van der Waals surface area contributed by atoms with E-state index in [-0.39, 0.29) is 0 Å². The van der Waals surface area contributed by atoms with Crippen LogP contribution in [-0.2, 0) is 5.41 Å². The third-order valence-corrected chi connectivity index (χ3v) is 8.83. The SMILES string of the molecule is Cc1ccc(-c2ccc3c(c2)C(=O)N(c2ccc(N4C(=O)c5ccc(-c6ccc(C)cc6)cc5C4=O)c(C(C)(C)C)c2)C3=O)cc1. The minimum Gasteiger partial charge on any atom is -0.268 e. The van der Waals surface area contributed by atoms with Gasteiger partial charge in [0.05, 0.1) is 33.6 Å². The van der Waals surface area contributed by atoms with E-state index < -0.39 is 29.0 Å². The van der Waals surface area contributed by atoms with Gasteiger partial charge >= 0.3 is 0 Å². The van der Waals surface area contributed by atoms with Gasteiger partial charge in [0.15, 0.2) is 0 Å². The Morgan fingerprint density at radius 2 is 0.848 bits per heavy atom. The molecule has 0 aliphatic carbocycles. The number of aryl methyl sites for hydroxylation is 2. The Morgan fingerprint density at radius 1 is 0.435 bits per heavy atom. The molecule has 5 aromatic carbocycles. The molecule has 6 nitrogen and oxygen atoms in total. The number of rotatable bonds is 4. The van der Waals surface area contributed by atoms with Crippen LogP contribution in [0, 0.1) is 13.8 Å². The van der Waals surface area contributed by atoms with Crippen LogP contribution in [0.3, 0.4) is 0 Å². The fourth-order valence-electron chi connectivity index (χ4n) is 6.24. The number of imide groups is 2. The average molecular weight is 605 g/mol. The van der Waals surface area contributed by atoms with Gasteiger partial charge in [-0.1, -0.05) is 92.6 Å². The van der Waals surface area contributed by atoms with Crippen molar-refractivity contribution in [1.29, 1.82) is 0 Å². The lowest BCUT2D eigenvalue weighted by Gasteiger charge is -2.28. The summed E-state index contributed by atoms with van der Waals surface area (Å²) in [6.45, 7) is 9.94. The second-order valence-electron chi connectivity index (χ2n) is 13.1. The number of benzene rings is 5. The maximum atomic E-state index is 13.9. The molecule has 0 saturated carbocycles. The molecule has 6 heteroatoms. The zero-order valence-corrected chi connectivity index (χ0v) is 26.3. The minimum atomic E-state index is -0.537. The van der Waals surface area contributed by atoms with Crippen molar-refractivity contribution in [3.8, 4) is 22.3 Å².